The van der Waals surface area contributed by atoms with Gasteiger partial charge in [0.25, 0.3) is 5.91 Å². The number of Topliss-reactive ketones (excluding diaryl/α,β-unsaturated/α-hetero) is 1. The molecule has 220 valence electrons. The molecule has 1 aromatic carbocycles. The number of thioether (sulfide) groups is 1. The Morgan fingerprint density at radius 2 is 1.82 bits per heavy atom. The molecule has 14 heteroatoms. The number of hydrogen-bond donors (Lipinski definition) is 5. The number of carbonyl (C=O) groups is 6. The van der Waals surface area contributed by atoms with Crippen molar-refractivity contribution in [3.05, 3.63) is 23.8 Å². The van der Waals surface area contributed by atoms with Crippen LogP contribution >= 0.6 is 11.8 Å². The molecule has 0 spiro atoms. The molecule has 1 heterocycles. The molecule has 40 heavy (non-hydrogen) atoms. The number of rotatable bonds is 4. The van der Waals surface area contributed by atoms with Gasteiger partial charge in [0.2, 0.25) is 5.91 Å². The Morgan fingerprint density at radius 1 is 1.10 bits per heavy atom. The van der Waals surface area contributed by atoms with E-state index >= 15 is 0 Å². The zero-order valence-corrected chi connectivity index (χ0v) is 23.2. The molecule has 13 nitrogen and oxygen atoms in total. The Labute approximate surface area is 235 Å². The number of aromatic hydroxyl groups is 2. The van der Waals surface area contributed by atoms with Gasteiger partial charge in [-0.25, -0.2) is 0 Å². The predicted octanol–water partition coefficient (Wildman–Crippen LogP) is 0.0841. The molecule has 1 aliphatic rings. The second kappa shape index (κ2) is 15.2. The summed E-state index contributed by atoms with van der Waals surface area (Å²) in [4.78, 5) is 74.3. The molecule has 2 atom stereocenters. The molecule has 0 aromatic heterocycles. The van der Waals surface area contributed by atoms with Crippen molar-refractivity contribution in [3.63, 3.8) is 0 Å². The summed E-state index contributed by atoms with van der Waals surface area (Å²) in [5, 5.41) is 23.9. The minimum atomic E-state index is -1.48. The van der Waals surface area contributed by atoms with E-state index in [1.807, 2.05) is 0 Å². The number of nitrogens with one attached hydrogen (secondary N) is 2. The van der Waals surface area contributed by atoms with Gasteiger partial charge in [-0.1, -0.05) is 31.7 Å². The minimum absolute atomic E-state index is 0.0780. The van der Waals surface area contributed by atoms with Crippen molar-refractivity contribution in [1.82, 2.24) is 10.6 Å². The molecule has 0 aliphatic carbocycles. The molecular weight excluding hydrogens is 546 g/mol. The Morgan fingerprint density at radius 3 is 2.52 bits per heavy atom. The maximum absolute atomic E-state index is 13.1. The average Bonchev–Trinajstić information content (AvgIpc) is 2.88. The van der Waals surface area contributed by atoms with Crippen LogP contribution in [-0.2, 0) is 44.7 Å². The van der Waals surface area contributed by atoms with Crippen LogP contribution in [0.25, 0.3) is 0 Å². The number of ether oxygens (including phenoxy) is 2. The molecule has 0 bridgehead atoms. The third-order valence-corrected chi connectivity index (χ3v) is 6.75. The van der Waals surface area contributed by atoms with Gasteiger partial charge in [-0.3, -0.25) is 28.8 Å². The molecule has 2 rings (SSSR count). The van der Waals surface area contributed by atoms with Crippen molar-refractivity contribution in [2.75, 3.05) is 25.4 Å². The van der Waals surface area contributed by atoms with E-state index < -0.39 is 46.9 Å². The second-order valence-corrected chi connectivity index (χ2v) is 11.1. The number of amides is 2. The summed E-state index contributed by atoms with van der Waals surface area (Å²) < 4.78 is 10.7. The van der Waals surface area contributed by atoms with Crippen molar-refractivity contribution in [2.24, 2.45) is 11.1 Å². The average molecular weight is 582 g/mol. The summed E-state index contributed by atoms with van der Waals surface area (Å²) in [5.41, 5.74) is 5.16. The fraction of sp³-hybridized carbons (Fsp3) is 0.538. The molecule has 1 aliphatic heterocycles. The first-order valence-electron chi connectivity index (χ1n) is 12.6. The lowest BCUT2D eigenvalue weighted by Gasteiger charge is -2.33. The number of phenolic OH excluding ortho intramolecular Hbond substituents is 2. The number of ketones is 1. The minimum Gasteiger partial charge on any atom is -0.504 e. The van der Waals surface area contributed by atoms with E-state index in [0.29, 0.717) is 5.56 Å². The topological polar surface area (TPSA) is 211 Å². The summed E-state index contributed by atoms with van der Waals surface area (Å²) in [7, 11) is 0. The lowest BCUT2D eigenvalue weighted by atomic mass is 9.86. The molecule has 2 amide bonds. The number of benzene rings is 1. The van der Waals surface area contributed by atoms with Gasteiger partial charge >= 0.3 is 11.9 Å². The fourth-order valence-electron chi connectivity index (χ4n) is 3.60. The molecule has 0 saturated carbocycles. The summed E-state index contributed by atoms with van der Waals surface area (Å²) in [5.74, 6) is -3.73. The summed E-state index contributed by atoms with van der Waals surface area (Å²) in [6.07, 6.45) is -2.48. The van der Waals surface area contributed by atoms with Gasteiger partial charge in [-0.2, -0.15) is 0 Å². The molecule has 1 aromatic rings. The second-order valence-electron chi connectivity index (χ2n) is 9.93. The van der Waals surface area contributed by atoms with Crippen LogP contribution in [0.5, 0.6) is 11.5 Å². The van der Waals surface area contributed by atoms with E-state index in [9.17, 15) is 39.0 Å². The van der Waals surface area contributed by atoms with Crippen LogP contribution in [0.15, 0.2) is 18.2 Å². The third-order valence-electron chi connectivity index (χ3n) is 5.87. The predicted molar refractivity (Wildman–Crippen MR) is 143 cm³/mol. The molecule has 0 radical (unpaired) electrons. The van der Waals surface area contributed by atoms with Crippen LogP contribution in [0.2, 0.25) is 0 Å². The van der Waals surface area contributed by atoms with E-state index in [0.717, 1.165) is 11.8 Å². The first-order chi connectivity index (χ1) is 18.8. The van der Waals surface area contributed by atoms with Crippen molar-refractivity contribution in [1.29, 1.82) is 0 Å². The highest BCUT2D eigenvalue weighted by Gasteiger charge is 2.40. The monoisotopic (exact) mass is 581 g/mol. The molecule has 0 unspecified atom stereocenters. The van der Waals surface area contributed by atoms with Crippen LogP contribution in [0, 0.1) is 5.41 Å². The molecule has 6 N–H and O–H groups in total. The van der Waals surface area contributed by atoms with Gasteiger partial charge in [-0.05, 0) is 24.1 Å². The van der Waals surface area contributed by atoms with E-state index in [4.69, 9.17) is 15.2 Å². The lowest BCUT2D eigenvalue weighted by molar-refractivity contribution is -0.170. The summed E-state index contributed by atoms with van der Waals surface area (Å²) in [6.45, 7) is 2.78. The molecule has 1 fully saturated rings. The largest absolute Gasteiger partial charge is 0.504 e. The van der Waals surface area contributed by atoms with Crippen molar-refractivity contribution in [2.45, 2.75) is 58.1 Å². The zero-order valence-electron chi connectivity index (χ0n) is 22.4. The van der Waals surface area contributed by atoms with Gasteiger partial charge in [0.15, 0.2) is 22.7 Å². The van der Waals surface area contributed by atoms with E-state index in [1.165, 1.54) is 32.0 Å². The van der Waals surface area contributed by atoms with Crippen molar-refractivity contribution >= 4 is 46.4 Å². The maximum atomic E-state index is 13.1. The standard InChI is InChI=1S/C26H35N3O10S/c1-26(2)14-38-21(34)6-4-16(30)13-22(35)40-10-9-28-20(33)7-8-29-24(36)23(26)39-25(37)17(27)11-15-3-5-18(31)19(32)12-15/h3,5,12,17,23,31-32H,4,6-11,13-14,27H2,1-2H3,(H,28,33)(H,29,36)/t17-,23-/m0/s1. The Bertz CT molecular complexity index is 1120. The molecule has 1 saturated heterocycles. The van der Waals surface area contributed by atoms with Gasteiger partial charge in [-0.15, -0.1) is 0 Å². The first kappa shape index (κ1) is 32.6. The number of carbonyl (C=O) groups excluding carboxylic acids is 6. The highest BCUT2D eigenvalue weighted by molar-refractivity contribution is 8.13. The Hall–Kier alpha value is -3.65. The zero-order chi connectivity index (χ0) is 29.9. The van der Waals surface area contributed by atoms with Crippen LogP contribution in [0.4, 0.5) is 0 Å². The summed E-state index contributed by atoms with van der Waals surface area (Å²) in [6, 6.07) is 2.69. The third kappa shape index (κ3) is 10.8. The Balaban J connectivity index is 2.16. The Kier molecular flexibility index (Phi) is 12.4. The van der Waals surface area contributed by atoms with E-state index in [-0.39, 0.29) is 74.3 Å². The SMILES string of the molecule is CC1(C)COC(=O)CCC(=O)CC(=O)SCCNC(=O)CCNC(=O)[C@@H]1OC(=O)[C@@H](N)Cc1ccc(O)c(O)c1. The fourth-order valence-corrected chi connectivity index (χ4v) is 4.29. The quantitative estimate of drug-likeness (QED) is 0.182. The van der Waals surface area contributed by atoms with E-state index in [2.05, 4.69) is 10.6 Å². The normalized spacial score (nSPS) is 21.1. The smallest absolute Gasteiger partial charge is 0.324 e. The van der Waals surface area contributed by atoms with Gasteiger partial charge in [0, 0.05) is 37.1 Å². The first-order valence-corrected chi connectivity index (χ1v) is 13.6. The maximum Gasteiger partial charge on any atom is 0.324 e. The lowest BCUT2D eigenvalue weighted by Crippen LogP contribution is -2.51. The molecular formula is C26H35N3O10S. The van der Waals surface area contributed by atoms with Gasteiger partial charge < -0.3 is 36.1 Å². The van der Waals surface area contributed by atoms with Gasteiger partial charge in [0.1, 0.15) is 18.4 Å². The van der Waals surface area contributed by atoms with Crippen LogP contribution in [0.3, 0.4) is 0 Å². The van der Waals surface area contributed by atoms with Crippen LogP contribution < -0.4 is 16.4 Å². The number of cyclic esters (lactones) is 1. The van der Waals surface area contributed by atoms with Gasteiger partial charge in [0.05, 0.1) is 12.8 Å². The van der Waals surface area contributed by atoms with Crippen molar-refractivity contribution in [3.8, 4) is 11.5 Å². The number of phenols is 2. The van der Waals surface area contributed by atoms with Crippen LogP contribution in [-0.4, -0.2) is 82.5 Å². The summed E-state index contributed by atoms with van der Waals surface area (Å²) >= 11 is 0.897. The van der Waals surface area contributed by atoms with Crippen LogP contribution in [0.1, 0.15) is 45.1 Å². The number of esters is 2. The number of nitrogens with two attached hydrogens (primary N) is 1. The van der Waals surface area contributed by atoms with E-state index in [1.54, 1.807) is 0 Å². The highest BCUT2D eigenvalue weighted by Crippen LogP contribution is 2.27. The van der Waals surface area contributed by atoms with Crippen molar-refractivity contribution < 1.29 is 48.5 Å². The number of hydrogen-bond acceptors (Lipinski definition) is 12. The highest BCUT2D eigenvalue weighted by atomic mass is 32.2.